The van der Waals surface area contributed by atoms with Gasteiger partial charge >= 0.3 is 5.97 Å². The van der Waals surface area contributed by atoms with Crippen molar-refractivity contribution in [2.24, 2.45) is 11.8 Å². The lowest BCUT2D eigenvalue weighted by atomic mass is 9.82. The van der Waals surface area contributed by atoms with Gasteiger partial charge in [0.15, 0.2) is 0 Å². The highest BCUT2D eigenvalue weighted by Crippen LogP contribution is 2.30. The molecule has 19 heavy (non-hydrogen) atoms. The van der Waals surface area contributed by atoms with Crippen molar-refractivity contribution in [1.82, 2.24) is 0 Å². The summed E-state index contributed by atoms with van der Waals surface area (Å²) in [4.78, 5) is 21.5. The van der Waals surface area contributed by atoms with E-state index in [1.807, 2.05) is 20.8 Å². The van der Waals surface area contributed by atoms with Crippen LogP contribution >= 0.6 is 0 Å². The van der Waals surface area contributed by atoms with Crippen molar-refractivity contribution in [3.8, 4) is 0 Å². The van der Waals surface area contributed by atoms with E-state index in [4.69, 9.17) is 0 Å². The van der Waals surface area contributed by atoms with E-state index in [-0.39, 0.29) is 11.6 Å². The van der Waals surface area contributed by atoms with Crippen LogP contribution in [0.5, 0.6) is 0 Å². The molecule has 0 spiro atoms. The number of aliphatic carboxylic acids is 1. The first-order chi connectivity index (χ1) is 8.82. The van der Waals surface area contributed by atoms with Crippen molar-refractivity contribution >= 4 is 11.7 Å². The van der Waals surface area contributed by atoms with E-state index in [0.29, 0.717) is 11.5 Å². The fourth-order valence-corrected chi connectivity index (χ4v) is 2.40. The highest BCUT2D eigenvalue weighted by atomic mass is 16.6. The summed E-state index contributed by atoms with van der Waals surface area (Å²) in [6.07, 6.45) is 0.800. The number of hydrogen-bond acceptors (Lipinski definition) is 3. The Kier molecular flexibility index (Phi) is 5.03. The fraction of sp³-hybridized carbons (Fsp3) is 0.500. The van der Waals surface area contributed by atoms with Crippen LogP contribution in [0.15, 0.2) is 24.3 Å². The number of carboxylic acids is 1. The Morgan fingerprint density at radius 2 is 1.79 bits per heavy atom. The second kappa shape index (κ2) is 6.31. The van der Waals surface area contributed by atoms with Gasteiger partial charge < -0.3 is 5.11 Å². The first kappa shape index (κ1) is 15.1. The van der Waals surface area contributed by atoms with Crippen LogP contribution in [0.2, 0.25) is 0 Å². The zero-order valence-electron chi connectivity index (χ0n) is 11.4. The predicted molar refractivity (Wildman–Crippen MR) is 72.1 cm³/mol. The Bertz CT molecular complexity index is 453. The van der Waals surface area contributed by atoms with Crippen LogP contribution in [-0.4, -0.2) is 16.0 Å². The second-order valence-electron chi connectivity index (χ2n) is 5.27. The lowest BCUT2D eigenvalue weighted by Gasteiger charge is -2.22. The molecular weight excluding hydrogens is 246 g/mol. The zero-order chi connectivity index (χ0) is 14.6. The van der Waals surface area contributed by atoms with Crippen LogP contribution in [0.1, 0.15) is 38.7 Å². The summed E-state index contributed by atoms with van der Waals surface area (Å²) in [5.74, 6) is -1.11. The summed E-state index contributed by atoms with van der Waals surface area (Å²) in [5, 5.41) is 19.9. The van der Waals surface area contributed by atoms with Gasteiger partial charge in [-0.15, -0.1) is 0 Å². The minimum absolute atomic E-state index is 0.0149. The van der Waals surface area contributed by atoms with Crippen molar-refractivity contribution in [1.29, 1.82) is 0 Å². The molecule has 0 radical (unpaired) electrons. The summed E-state index contributed by atoms with van der Waals surface area (Å²) >= 11 is 0. The van der Waals surface area contributed by atoms with E-state index in [1.54, 1.807) is 0 Å². The van der Waals surface area contributed by atoms with Gasteiger partial charge in [0.05, 0.1) is 10.8 Å². The molecule has 1 aromatic carbocycles. The number of rotatable bonds is 6. The van der Waals surface area contributed by atoms with Crippen molar-refractivity contribution in [3.05, 3.63) is 39.9 Å². The van der Waals surface area contributed by atoms with Gasteiger partial charge in [0.1, 0.15) is 0 Å². The summed E-state index contributed by atoms with van der Waals surface area (Å²) < 4.78 is 0. The van der Waals surface area contributed by atoms with Gasteiger partial charge in [-0.1, -0.05) is 32.9 Å². The smallest absolute Gasteiger partial charge is 0.311 e. The largest absolute Gasteiger partial charge is 0.481 e. The Balaban J connectivity index is 2.99. The van der Waals surface area contributed by atoms with Gasteiger partial charge in [-0.3, -0.25) is 14.9 Å². The molecule has 2 unspecified atom stereocenters. The van der Waals surface area contributed by atoms with Gasteiger partial charge in [-0.2, -0.15) is 0 Å². The quantitative estimate of drug-likeness (QED) is 0.631. The topological polar surface area (TPSA) is 80.4 Å². The summed E-state index contributed by atoms with van der Waals surface area (Å²) in [7, 11) is 0. The maximum atomic E-state index is 11.4. The first-order valence-corrected chi connectivity index (χ1v) is 6.30. The van der Waals surface area contributed by atoms with Crippen LogP contribution in [0.4, 0.5) is 5.69 Å². The third-order valence-corrected chi connectivity index (χ3v) is 3.14. The Hall–Kier alpha value is -1.91. The molecule has 5 heteroatoms. The lowest BCUT2D eigenvalue weighted by molar-refractivity contribution is -0.384. The molecule has 0 aromatic heterocycles. The SMILES string of the molecule is CC(C)CC(C)C(C(=O)O)c1ccc([N+](=O)[O-])cc1. The number of carboxylic acid groups (broad SMARTS) is 1. The molecule has 0 aliphatic heterocycles. The number of nitrogens with zero attached hydrogens (tertiary/aromatic N) is 1. The molecule has 0 saturated heterocycles. The van der Waals surface area contributed by atoms with E-state index in [9.17, 15) is 20.0 Å². The van der Waals surface area contributed by atoms with Gasteiger partial charge in [0.25, 0.3) is 5.69 Å². The minimum Gasteiger partial charge on any atom is -0.481 e. The van der Waals surface area contributed by atoms with Gasteiger partial charge in [-0.25, -0.2) is 0 Å². The fourth-order valence-electron chi connectivity index (χ4n) is 2.40. The number of non-ortho nitro benzene ring substituents is 1. The molecule has 0 fully saturated rings. The highest BCUT2D eigenvalue weighted by Gasteiger charge is 2.27. The second-order valence-corrected chi connectivity index (χ2v) is 5.27. The Morgan fingerprint density at radius 3 is 2.16 bits per heavy atom. The zero-order valence-corrected chi connectivity index (χ0v) is 11.4. The number of hydrogen-bond donors (Lipinski definition) is 1. The van der Waals surface area contributed by atoms with Crippen LogP contribution in [0.25, 0.3) is 0 Å². The van der Waals surface area contributed by atoms with Crippen LogP contribution in [0, 0.1) is 22.0 Å². The van der Waals surface area contributed by atoms with Gasteiger partial charge in [-0.05, 0) is 23.8 Å². The summed E-state index contributed by atoms with van der Waals surface area (Å²) in [6, 6.07) is 5.78. The average molecular weight is 265 g/mol. The highest BCUT2D eigenvalue weighted by molar-refractivity contribution is 5.76. The van der Waals surface area contributed by atoms with Gasteiger partial charge in [0.2, 0.25) is 0 Å². The van der Waals surface area contributed by atoms with Crippen LogP contribution in [0.3, 0.4) is 0 Å². The van der Waals surface area contributed by atoms with Crippen molar-refractivity contribution < 1.29 is 14.8 Å². The molecule has 0 bridgehead atoms. The van der Waals surface area contributed by atoms with Crippen molar-refractivity contribution in [3.63, 3.8) is 0 Å². The number of nitro benzene ring substituents is 1. The van der Waals surface area contributed by atoms with E-state index in [0.717, 1.165) is 6.42 Å². The molecule has 2 atom stereocenters. The van der Waals surface area contributed by atoms with Crippen LogP contribution in [-0.2, 0) is 4.79 Å². The van der Waals surface area contributed by atoms with E-state index in [2.05, 4.69) is 0 Å². The molecule has 5 nitrogen and oxygen atoms in total. The van der Waals surface area contributed by atoms with Crippen molar-refractivity contribution in [2.75, 3.05) is 0 Å². The number of carbonyl (C=O) groups is 1. The maximum absolute atomic E-state index is 11.4. The van der Waals surface area contributed by atoms with E-state index < -0.39 is 16.8 Å². The van der Waals surface area contributed by atoms with Crippen LogP contribution < -0.4 is 0 Å². The minimum atomic E-state index is -0.887. The van der Waals surface area contributed by atoms with E-state index in [1.165, 1.54) is 24.3 Å². The number of benzene rings is 1. The maximum Gasteiger partial charge on any atom is 0.311 e. The van der Waals surface area contributed by atoms with Crippen molar-refractivity contribution in [2.45, 2.75) is 33.1 Å². The molecule has 1 rings (SSSR count). The monoisotopic (exact) mass is 265 g/mol. The first-order valence-electron chi connectivity index (χ1n) is 6.30. The third-order valence-electron chi connectivity index (χ3n) is 3.14. The molecule has 104 valence electrons. The normalized spacial score (nSPS) is 14.1. The number of nitro groups is 1. The summed E-state index contributed by atoms with van der Waals surface area (Å²) in [6.45, 7) is 6.00. The molecule has 0 aliphatic carbocycles. The molecule has 0 heterocycles. The Morgan fingerprint density at radius 1 is 1.26 bits per heavy atom. The lowest BCUT2D eigenvalue weighted by Crippen LogP contribution is -2.20. The third kappa shape index (κ3) is 4.05. The molecule has 1 aromatic rings. The van der Waals surface area contributed by atoms with Gasteiger partial charge in [0, 0.05) is 12.1 Å². The molecule has 0 aliphatic rings. The molecule has 0 amide bonds. The Labute approximate surface area is 112 Å². The van der Waals surface area contributed by atoms with E-state index >= 15 is 0 Å². The molecule has 1 N–H and O–H groups in total. The standard InChI is InChI=1S/C14H19NO4/c1-9(2)8-10(3)13(14(16)17)11-4-6-12(7-5-11)15(18)19/h4-7,9-10,13H,8H2,1-3H3,(H,16,17). The average Bonchev–Trinajstić information content (AvgIpc) is 2.28. The molecular formula is C14H19NO4. The molecule has 0 saturated carbocycles. The predicted octanol–water partition coefficient (Wildman–Crippen LogP) is 3.45. The summed E-state index contributed by atoms with van der Waals surface area (Å²) in [5.41, 5.74) is 0.593.